The summed E-state index contributed by atoms with van der Waals surface area (Å²) < 4.78 is 1.02. The first kappa shape index (κ1) is 20.8. The van der Waals surface area contributed by atoms with Crippen molar-refractivity contribution < 1.29 is 9.63 Å². The van der Waals surface area contributed by atoms with Gasteiger partial charge in [0, 0.05) is 16.7 Å². The van der Waals surface area contributed by atoms with Gasteiger partial charge in [0.1, 0.15) is 12.9 Å². The summed E-state index contributed by atoms with van der Waals surface area (Å²) in [4.78, 5) is 38.9. The van der Waals surface area contributed by atoms with E-state index in [1.807, 2.05) is 0 Å². The van der Waals surface area contributed by atoms with E-state index in [0.29, 0.717) is 32.1 Å². The summed E-state index contributed by atoms with van der Waals surface area (Å²) in [5, 5.41) is 1.03. The van der Waals surface area contributed by atoms with Gasteiger partial charge in [0.05, 0.1) is 21.0 Å². The minimum absolute atomic E-state index is 0.0514. The largest absolute Gasteiger partial charge is 0.412 e. The van der Waals surface area contributed by atoms with Gasteiger partial charge in [0.15, 0.2) is 17.3 Å². The quantitative estimate of drug-likeness (QED) is 0.462. The number of nitrogens with zero attached hydrogens (tertiary/aromatic N) is 3. The minimum Gasteiger partial charge on any atom is -0.412 e. The van der Waals surface area contributed by atoms with E-state index in [1.54, 1.807) is 48.5 Å². The van der Waals surface area contributed by atoms with Crippen molar-refractivity contribution in [2.75, 3.05) is 12.8 Å². The van der Waals surface area contributed by atoms with Crippen molar-refractivity contribution in [1.82, 2.24) is 14.7 Å². The van der Waals surface area contributed by atoms with E-state index < -0.39 is 5.56 Å². The first-order valence-electron chi connectivity index (χ1n) is 9.15. The standard InChI is InChI=1S/C22H16Cl2N4O3/c1-11(29)12-6-8-13(9-7-12)20-26-19(25)15-10-14(18-16(23)4-3-5-17(18)24)22(30)28(31-2)21(15)27-20/h3-10H,1-2H3,(H2,25,26,27). The predicted molar refractivity (Wildman–Crippen MR) is 122 cm³/mol. The highest BCUT2D eigenvalue weighted by molar-refractivity contribution is 6.39. The van der Waals surface area contributed by atoms with Crippen molar-refractivity contribution in [2.24, 2.45) is 0 Å². The molecule has 7 nitrogen and oxygen atoms in total. The zero-order valence-corrected chi connectivity index (χ0v) is 18.0. The number of ketones is 1. The SMILES string of the molecule is COn1c(=O)c(-c2c(Cl)cccc2Cl)cc2c(N)nc(-c3ccc(C(C)=O)cc3)nc21. The van der Waals surface area contributed by atoms with E-state index in [-0.39, 0.29) is 28.6 Å². The van der Waals surface area contributed by atoms with Crippen molar-refractivity contribution in [3.63, 3.8) is 0 Å². The lowest BCUT2D eigenvalue weighted by Crippen LogP contribution is -2.27. The van der Waals surface area contributed by atoms with Crippen LogP contribution in [0.1, 0.15) is 17.3 Å². The second-order valence-corrected chi connectivity index (χ2v) is 7.55. The molecule has 2 N–H and O–H groups in total. The second-order valence-electron chi connectivity index (χ2n) is 6.74. The third-order valence-electron chi connectivity index (χ3n) is 4.82. The maximum Gasteiger partial charge on any atom is 0.293 e. The fraction of sp³-hybridized carbons (Fsp3) is 0.0909. The van der Waals surface area contributed by atoms with Crippen molar-refractivity contribution >= 4 is 45.8 Å². The number of Topliss-reactive ketones (excluding diaryl/α,β-unsaturated/α-hetero) is 1. The van der Waals surface area contributed by atoms with E-state index in [0.717, 1.165) is 4.73 Å². The van der Waals surface area contributed by atoms with Crippen LogP contribution in [-0.4, -0.2) is 27.6 Å². The molecule has 4 rings (SSSR count). The lowest BCUT2D eigenvalue weighted by Gasteiger charge is -2.14. The molecule has 156 valence electrons. The Morgan fingerprint density at radius 2 is 1.71 bits per heavy atom. The number of anilines is 1. The molecule has 2 aromatic carbocycles. The fourth-order valence-electron chi connectivity index (χ4n) is 3.27. The van der Waals surface area contributed by atoms with Crippen LogP contribution in [0.5, 0.6) is 0 Å². The molecule has 0 saturated carbocycles. The van der Waals surface area contributed by atoms with E-state index in [4.69, 9.17) is 33.8 Å². The number of nitrogens with two attached hydrogens (primary N) is 1. The van der Waals surface area contributed by atoms with Crippen LogP contribution in [0, 0.1) is 0 Å². The highest BCUT2D eigenvalue weighted by Crippen LogP contribution is 2.34. The molecule has 2 heterocycles. The number of hydrogen-bond donors (Lipinski definition) is 1. The number of aromatic nitrogens is 3. The molecule has 0 aliphatic carbocycles. The number of rotatable bonds is 4. The van der Waals surface area contributed by atoms with Gasteiger partial charge in [-0.25, -0.2) is 9.97 Å². The smallest absolute Gasteiger partial charge is 0.293 e. The topological polar surface area (TPSA) is 100 Å². The summed E-state index contributed by atoms with van der Waals surface area (Å²) in [6.45, 7) is 1.49. The molecule has 2 aromatic heterocycles. The van der Waals surface area contributed by atoms with Gasteiger partial charge in [-0.15, -0.1) is 4.73 Å². The Balaban J connectivity index is 1.98. The average Bonchev–Trinajstić information content (AvgIpc) is 2.74. The highest BCUT2D eigenvalue weighted by atomic mass is 35.5. The van der Waals surface area contributed by atoms with Crippen LogP contribution in [0.2, 0.25) is 10.0 Å². The molecule has 0 atom stereocenters. The lowest BCUT2D eigenvalue weighted by atomic mass is 10.1. The van der Waals surface area contributed by atoms with Gasteiger partial charge < -0.3 is 10.6 Å². The van der Waals surface area contributed by atoms with Crippen LogP contribution >= 0.6 is 23.2 Å². The first-order valence-corrected chi connectivity index (χ1v) is 9.91. The zero-order valence-electron chi connectivity index (χ0n) is 16.5. The number of nitrogen functional groups attached to an aromatic ring is 1. The molecule has 0 fully saturated rings. The Kier molecular flexibility index (Phi) is 5.39. The van der Waals surface area contributed by atoms with Gasteiger partial charge in [0.25, 0.3) is 5.56 Å². The third-order valence-corrected chi connectivity index (χ3v) is 5.45. The van der Waals surface area contributed by atoms with Crippen LogP contribution < -0.4 is 16.1 Å². The average molecular weight is 455 g/mol. The van der Waals surface area contributed by atoms with Gasteiger partial charge in [0.2, 0.25) is 0 Å². The molecular weight excluding hydrogens is 439 g/mol. The highest BCUT2D eigenvalue weighted by Gasteiger charge is 2.20. The molecule has 0 amide bonds. The zero-order chi connectivity index (χ0) is 22.3. The number of carbonyl (C=O) groups is 1. The van der Waals surface area contributed by atoms with E-state index in [9.17, 15) is 9.59 Å². The van der Waals surface area contributed by atoms with Gasteiger partial charge in [-0.2, -0.15) is 0 Å². The Morgan fingerprint density at radius 1 is 1.06 bits per heavy atom. The Hall–Kier alpha value is -3.42. The lowest BCUT2D eigenvalue weighted by molar-refractivity contribution is 0.101. The number of carbonyl (C=O) groups excluding carboxylic acids is 1. The van der Waals surface area contributed by atoms with Crippen molar-refractivity contribution in [2.45, 2.75) is 6.92 Å². The third kappa shape index (κ3) is 3.62. The first-order chi connectivity index (χ1) is 14.8. The molecule has 0 aliphatic heterocycles. The van der Waals surface area contributed by atoms with Crippen molar-refractivity contribution in [3.05, 3.63) is 74.5 Å². The fourth-order valence-corrected chi connectivity index (χ4v) is 3.87. The molecule has 0 aliphatic rings. The number of pyridine rings is 1. The molecular formula is C22H16Cl2N4O3. The van der Waals surface area contributed by atoms with Crippen LogP contribution in [0.25, 0.3) is 33.5 Å². The summed E-state index contributed by atoms with van der Waals surface area (Å²) in [7, 11) is 1.35. The summed E-state index contributed by atoms with van der Waals surface area (Å²) in [5.41, 5.74) is 7.69. The van der Waals surface area contributed by atoms with Crippen LogP contribution in [0.4, 0.5) is 5.82 Å². The molecule has 31 heavy (non-hydrogen) atoms. The van der Waals surface area contributed by atoms with Gasteiger partial charge in [-0.05, 0) is 25.1 Å². The number of fused-ring (bicyclic) bond motifs is 1. The molecule has 0 bridgehead atoms. The molecule has 0 spiro atoms. The second kappa shape index (κ2) is 8.02. The molecule has 0 saturated heterocycles. The van der Waals surface area contributed by atoms with Gasteiger partial charge in [-0.1, -0.05) is 53.5 Å². The van der Waals surface area contributed by atoms with E-state index in [2.05, 4.69) is 9.97 Å². The Bertz CT molecular complexity index is 1380. The summed E-state index contributed by atoms with van der Waals surface area (Å²) in [5.74, 6) is 0.379. The Labute approximate surface area is 187 Å². The van der Waals surface area contributed by atoms with Crippen LogP contribution in [0.15, 0.2) is 53.3 Å². The number of hydrogen-bond acceptors (Lipinski definition) is 6. The van der Waals surface area contributed by atoms with E-state index >= 15 is 0 Å². The molecule has 0 unspecified atom stereocenters. The monoisotopic (exact) mass is 454 g/mol. The predicted octanol–water partition coefficient (Wildman–Crippen LogP) is 4.28. The summed E-state index contributed by atoms with van der Waals surface area (Å²) >= 11 is 12.6. The molecule has 9 heteroatoms. The minimum atomic E-state index is -0.499. The normalized spacial score (nSPS) is 11.0. The van der Waals surface area contributed by atoms with Crippen molar-refractivity contribution in [1.29, 1.82) is 0 Å². The summed E-state index contributed by atoms with van der Waals surface area (Å²) in [6, 6.07) is 13.3. The molecule has 0 radical (unpaired) electrons. The van der Waals surface area contributed by atoms with Crippen LogP contribution in [-0.2, 0) is 0 Å². The maximum absolute atomic E-state index is 13.2. The Morgan fingerprint density at radius 3 is 2.29 bits per heavy atom. The van der Waals surface area contributed by atoms with Crippen molar-refractivity contribution in [3.8, 4) is 22.5 Å². The maximum atomic E-state index is 13.2. The molecule has 4 aromatic rings. The summed E-state index contributed by atoms with van der Waals surface area (Å²) in [6.07, 6.45) is 0. The number of benzene rings is 2. The van der Waals surface area contributed by atoms with Gasteiger partial charge >= 0.3 is 0 Å². The van der Waals surface area contributed by atoms with Crippen LogP contribution in [0.3, 0.4) is 0 Å². The van der Waals surface area contributed by atoms with E-state index in [1.165, 1.54) is 14.0 Å². The number of halogens is 2. The van der Waals surface area contributed by atoms with Gasteiger partial charge in [-0.3, -0.25) is 9.59 Å².